The average molecular weight is 246 g/mol. The molecule has 1 aliphatic carbocycles. The first-order valence-electron chi connectivity index (χ1n) is 6.99. The van der Waals surface area contributed by atoms with Gasteiger partial charge in [-0.25, -0.2) is 0 Å². The zero-order valence-electron chi connectivity index (χ0n) is 11.1. The molecule has 3 nitrogen and oxygen atoms in total. The Bertz CT molecular complexity index is 378. The summed E-state index contributed by atoms with van der Waals surface area (Å²) in [6, 6.07) is 9.47. The van der Waals surface area contributed by atoms with Gasteiger partial charge in [-0.3, -0.25) is 0 Å². The Labute approximate surface area is 109 Å². The molecule has 1 aromatic rings. The third kappa shape index (κ3) is 2.46. The summed E-state index contributed by atoms with van der Waals surface area (Å²) in [4.78, 5) is 2.47. The van der Waals surface area contributed by atoms with Crippen LogP contribution in [0.3, 0.4) is 0 Å². The Morgan fingerprint density at radius 1 is 1.11 bits per heavy atom. The van der Waals surface area contributed by atoms with Crippen molar-refractivity contribution < 1.29 is 4.74 Å². The van der Waals surface area contributed by atoms with Crippen LogP contribution in [0.15, 0.2) is 24.3 Å². The molecule has 18 heavy (non-hydrogen) atoms. The second-order valence-electron chi connectivity index (χ2n) is 5.41. The van der Waals surface area contributed by atoms with Crippen molar-refractivity contribution in [3.63, 3.8) is 0 Å². The highest BCUT2D eigenvalue weighted by Crippen LogP contribution is 2.27. The molecule has 3 rings (SSSR count). The average Bonchev–Trinajstić information content (AvgIpc) is 2.88. The van der Waals surface area contributed by atoms with Crippen molar-refractivity contribution in [1.29, 1.82) is 0 Å². The third-order valence-corrected chi connectivity index (χ3v) is 4.14. The number of nitrogens with one attached hydrogen (secondary N) is 1. The summed E-state index contributed by atoms with van der Waals surface area (Å²) < 4.78 is 5.29. The summed E-state index contributed by atoms with van der Waals surface area (Å²) in [5.41, 5.74) is 2.60. The first-order chi connectivity index (χ1) is 8.85. The largest absolute Gasteiger partial charge is 0.382 e. The molecular weight excluding hydrogens is 224 g/mol. The second-order valence-corrected chi connectivity index (χ2v) is 5.41. The molecule has 1 aliphatic heterocycles. The number of hydrogen-bond acceptors (Lipinski definition) is 3. The van der Waals surface area contributed by atoms with Crippen LogP contribution in [0, 0.1) is 0 Å². The molecule has 0 amide bonds. The van der Waals surface area contributed by atoms with E-state index >= 15 is 0 Å². The molecule has 2 aliphatic rings. The molecule has 1 heterocycles. The highest BCUT2D eigenvalue weighted by molar-refractivity contribution is 5.56. The van der Waals surface area contributed by atoms with E-state index in [1.165, 1.54) is 37.3 Å². The lowest BCUT2D eigenvalue weighted by Crippen LogP contribution is -2.40. The SMILES string of the molecule is COC1CC(Nc2ccc(N3CCCC3)cc2)C1. The number of methoxy groups -OCH3 is 1. The summed E-state index contributed by atoms with van der Waals surface area (Å²) >= 11 is 0. The Balaban J connectivity index is 1.54. The summed E-state index contributed by atoms with van der Waals surface area (Å²) in [7, 11) is 1.80. The minimum Gasteiger partial charge on any atom is -0.382 e. The number of hydrogen-bond donors (Lipinski definition) is 1. The fourth-order valence-corrected chi connectivity index (χ4v) is 2.86. The van der Waals surface area contributed by atoms with Gasteiger partial charge in [0.15, 0.2) is 0 Å². The van der Waals surface area contributed by atoms with E-state index in [0.717, 1.165) is 12.8 Å². The van der Waals surface area contributed by atoms with Crippen molar-refractivity contribution in [1.82, 2.24) is 0 Å². The maximum atomic E-state index is 5.29. The molecule has 1 N–H and O–H groups in total. The van der Waals surface area contributed by atoms with Crippen LogP contribution in [0.2, 0.25) is 0 Å². The molecular formula is C15H22N2O. The van der Waals surface area contributed by atoms with Crippen LogP contribution < -0.4 is 10.2 Å². The van der Waals surface area contributed by atoms with Crippen LogP contribution in [0.4, 0.5) is 11.4 Å². The molecule has 0 atom stereocenters. The standard InChI is InChI=1S/C15H22N2O/c1-18-15-10-13(11-15)16-12-4-6-14(7-5-12)17-8-2-3-9-17/h4-7,13,15-16H,2-3,8-11H2,1H3. The smallest absolute Gasteiger partial charge is 0.0610 e. The van der Waals surface area contributed by atoms with Gasteiger partial charge in [-0.1, -0.05) is 0 Å². The number of nitrogens with zero attached hydrogens (tertiary/aromatic N) is 1. The van der Waals surface area contributed by atoms with Crippen molar-refractivity contribution >= 4 is 11.4 Å². The van der Waals surface area contributed by atoms with Gasteiger partial charge in [0, 0.05) is 37.6 Å². The van der Waals surface area contributed by atoms with Gasteiger partial charge in [-0.15, -0.1) is 0 Å². The minimum absolute atomic E-state index is 0.464. The molecule has 1 aromatic carbocycles. The summed E-state index contributed by atoms with van der Waals surface area (Å²) in [6.07, 6.45) is 5.39. The minimum atomic E-state index is 0.464. The normalized spacial score (nSPS) is 27.1. The van der Waals surface area contributed by atoms with Crippen molar-refractivity contribution in [2.45, 2.75) is 37.8 Å². The maximum absolute atomic E-state index is 5.29. The van der Waals surface area contributed by atoms with Crippen molar-refractivity contribution in [3.05, 3.63) is 24.3 Å². The van der Waals surface area contributed by atoms with Gasteiger partial charge in [0.2, 0.25) is 0 Å². The van der Waals surface area contributed by atoms with Crippen LogP contribution in [0.1, 0.15) is 25.7 Å². The van der Waals surface area contributed by atoms with Gasteiger partial charge >= 0.3 is 0 Å². The molecule has 0 aromatic heterocycles. The lowest BCUT2D eigenvalue weighted by molar-refractivity contribution is 0.0329. The Kier molecular flexibility index (Phi) is 3.41. The zero-order valence-corrected chi connectivity index (χ0v) is 11.1. The number of ether oxygens (including phenoxy) is 1. The fourth-order valence-electron chi connectivity index (χ4n) is 2.86. The van der Waals surface area contributed by atoms with E-state index in [2.05, 4.69) is 34.5 Å². The number of benzene rings is 1. The predicted molar refractivity (Wildman–Crippen MR) is 75.3 cm³/mol. The van der Waals surface area contributed by atoms with Gasteiger partial charge in [-0.05, 0) is 49.9 Å². The lowest BCUT2D eigenvalue weighted by atomic mass is 9.89. The molecule has 0 unspecified atom stereocenters. The highest BCUT2D eigenvalue weighted by atomic mass is 16.5. The maximum Gasteiger partial charge on any atom is 0.0610 e. The highest BCUT2D eigenvalue weighted by Gasteiger charge is 2.28. The summed E-state index contributed by atoms with van der Waals surface area (Å²) in [5.74, 6) is 0. The second kappa shape index (κ2) is 5.19. The van der Waals surface area contributed by atoms with E-state index < -0.39 is 0 Å². The fraction of sp³-hybridized carbons (Fsp3) is 0.600. The lowest BCUT2D eigenvalue weighted by Gasteiger charge is -2.35. The van der Waals surface area contributed by atoms with Crippen LogP contribution in [0.25, 0.3) is 0 Å². The molecule has 0 radical (unpaired) electrons. The van der Waals surface area contributed by atoms with Crippen LogP contribution in [-0.4, -0.2) is 32.3 Å². The molecule has 2 fully saturated rings. The molecule has 1 saturated heterocycles. The zero-order chi connectivity index (χ0) is 12.4. The Hall–Kier alpha value is -1.22. The summed E-state index contributed by atoms with van der Waals surface area (Å²) in [5, 5.41) is 3.56. The molecule has 0 spiro atoms. The van der Waals surface area contributed by atoms with Crippen molar-refractivity contribution in [2.24, 2.45) is 0 Å². The van der Waals surface area contributed by atoms with Crippen LogP contribution in [0.5, 0.6) is 0 Å². The monoisotopic (exact) mass is 246 g/mol. The van der Waals surface area contributed by atoms with Gasteiger partial charge < -0.3 is 15.0 Å². The van der Waals surface area contributed by atoms with E-state index in [1.54, 1.807) is 7.11 Å². The van der Waals surface area contributed by atoms with E-state index in [1.807, 2.05) is 0 Å². The molecule has 3 heteroatoms. The van der Waals surface area contributed by atoms with Crippen LogP contribution in [-0.2, 0) is 4.74 Å². The van der Waals surface area contributed by atoms with Crippen molar-refractivity contribution in [2.75, 3.05) is 30.4 Å². The predicted octanol–water partition coefficient (Wildman–Crippen LogP) is 2.88. The van der Waals surface area contributed by atoms with Crippen LogP contribution >= 0.6 is 0 Å². The molecule has 1 saturated carbocycles. The third-order valence-electron chi connectivity index (χ3n) is 4.14. The number of rotatable bonds is 4. The van der Waals surface area contributed by atoms with E-state index in [-0.39, 0.29) is 0 Å². The first kappa shape index (κ1) is 11.8. The van der Waals surface area contributed by atoms with E-state index in [9.17, 15) is 0 Å². The van der Waals surface area contributed by atoms with Crippen molar-refractivity contribution in [3.8, 4) is 0 Å². The van der Waals surface area contributed by atoms with E-state index in [4.69, 9.17) is 4.74 Å². The van der Waals surface area contributed by atoms with Gasteiger partial charge in [0.25, 0.3) is 0 Å². The Morgan fingerprint density at radius 2 is 1.78 bits per heavy atom. The van der Waals surface area contributed by atoms with Gasteiger partial charge in [0.1, 0.15) is 0 Å². The topological polar surface area (TPSA) is 24.5 Å². The Morgan fingerprint density at radius 3 is 2.39 bits per heavy atom. The van der Waals surface area contributed by atoms with Gasteiger partial charge in [0.05, 0.1) is 6.10 Å². The first-order valence-corrected chi connectivity index (χ1v) is 6.99. The van der Waals surface area contributed by atoms with E-state index in [0.29, 0.717) is 12.1 Å². The summed E-state index contributed by atoms with van der Waals surface area (Å²) in [6.45, 7) is 2.43. The number of anilines is 2. The van der Waals surface area contributed by atoms with Gasteiger partial charge in [-0.2, -0.15) is 0 Å². The quantitative estimate of drug-likeness (QED) is 0.884. The molecule has 98 valence electrons. The molecule has 0 bridgehead atoms.